The van der Waals surface area contributed by atoms with Gasteiger partial charge in [-0.15, -0.1) is 0 Å². The summed E-state index contributed by atoms with van der Waals surface area (Å²) >= 11 is 0. The van der Waals surface area contributed by atoms with Crippen LogP contribution in [-0.2, 0) is 11.3 Å². The monoisotopic (exact) mass is 251 g/mol. The minimum atomic E-state index is -0.104. The molecule has 0 aliphatic carbocycles. The van der Waals surface area contributed by atoms with Crippen molar-refractivity contribution in [2.24, 2.45) is 5.73 Å². The van der Waals surface area contributed by atoms with Gasteiger partial charge in [-0.05, 0) is 31.9 Å². The molecule has 0 saturated carbocycles. The van der Waals surface area contributed by atoms with Crippen LogP contribution in [0.3, 0.4) is 0 Å². The normalized spacial score (nSPS) is 19.7. The van der Waals surface area contributed by atoms with E-state index in [4.69, 9.17) is 10.2 Å². The number of carbonyl (C=O) groups is 1. The fourth-order valence-corrected chi connectivity index (χ4v) is 2.21. The van der Waals surface area contributed by atoms with Crippen molar-refractivity contribution in [3.8, 4) is 0 Å². The average molecular weight is 251 g/mol. The molecule has 1 aromatic heterocycles. The van der Waals surface area contributed by atoms with Crippen LogP contribution in [0.15, 0.2) is 22.8 Å². The smallest absolute Gasteiger partial charge is 0.237 e. The molecular weight excluding hydrogens is 230 g/mol. The second-order valence-corrected chi connectivity index (χ2v) is 4.85. The summed E-state index contributed by atoms with van der Waals surface area (Å²) in [6.45, 7) is 4.19. The Bertz CT molecular complexity index is 370. The second-order valence-electron chi connectivity index (χ2n) is 4.85. The van der Waals surface area contributed by atoms with E-state index >= 15 is 0 Å². The lowest BCUT2D eigenvalue weighted by molar-refractivity contribution is -0.126. The molecule has 1 aliphatic rings. The van der Waals surface area contributed by atoms with Crippen LogP contribution >= 0.6 is 0 Å². The van der Waals surface area contributed by atoms with Gasteiger partial charge in [0.25, 0.3) is 0 Å². The van der Waals surface area contributed by atoms with Crippen molar-refractivity contribution < 1.29 is 9.21 Å². The molecule has 1 aliphatic heterocycles. The zero-order valence-corrected chi connectivity index (χ0v) is 10.8. The molecule has 1 fully saturated rings. The maximum absolute atomic E-state index is 12.0. The van der Waals surface area contributed by atoms with E-state index in [1.165, 1.54) is 0 Å². The number of furan rings is 1. The van der Waals surface area contributed by atoms with E-state index in [-0.39, 0.29) is 11.9 Å². The highest BCUT2D eigenvalue weighted by atomic mass is 16.3. The van der Waals surface area contributed by atoms with Crippen LogP contribution in [0.5, 0.6) is 0 Å². The molecule has 1 amide bonds. The Morgan fingerprint density at radius 2 is 2.33 bits per heavy atom. The second kappa shape index (κ2) is 6.02. The lowest BCUT2D eigenvalue weighted by atomic mass is 10.0. The van der Waals surface area contributed by atoms with E-state index in [1.54, 1.807) is 6.26 Å². The number of nitrogens with two attached hydrogens (primary N) is 1. The summed E-state index contributed by atoms with van der Waals surface area (Å²) in [4.78, 5) is 14.2. The van der Waals surface area contributed by atoms with Crippen LogP contribution in [0.2, 0.25) is 0 Å². The van der Waals surface area contributed by atoms with Crippen molar-refractivity contribution in [3.63, 3.8) is 0 Å². The zero-order valence-electron chi connectivity index (χ0n) is 10.8. The summed E-state index contributed by atoms with van der Waals surface area (Å²) in [6.07, 6.45) is 3.54. The molecule has 0 aromatic carbocycles. The third kappa shape index (κ3) is 3.34. The van der Waals surface area contributed by atoms with Gasteiger partial charge in [-0.1, -0.05) is 0 Å². The molecule has 0 bridgehead atoms. The molecule has 18 heavy (non-hydrogen) atoms. The fraction of sp³-hybridized carbons (Fsp3) is 0.615. The first-order valence-corrected chi connectivity index (χ1v) is 6.46. The summed E-state index contributed by atoms with van der Waals surface area (Å²) in [7, 11) is 0. The highest BCUT2D eigenvalue weighted by molar-refractivity contribution is 5.81. The summed E-state index contributed by atoms with van der Waals surface area (Å²) in [5.41, 5.74) is 5.86. The van der Waals surface area contributed by atoms with Gasteiger partial charge in [-0.3, -0.25) is 9.69 Å². The maximum atomic E-state index is 12.0. The molecule has 5 heteroatoms. The number of rotatable bonds is 4. The van der Waals surface area contributed by atoms with Crippen LogP contribution in [0, 0.1) is 0 Å². The molecule has 1 saturated heterocycles. The molecule has 100 valence electrons. The van der Waals surface area contributed by atoms with E-state index in [0.717, 1.165) is 31.7 Å². The van der Waals surface area contributed by atoms with Crippen LogP contribution in [0.4, 0.5) is 0 Å². The van der Waals surface area contributed by atoms with E-state index in [2.05, 4.69) is 10.2 Å². The summed E-state index contributed by atoms with van der Waals surface area (Å²) in [6, 6.07) is 3.86. The van der Waals surface area contributed by atoms with E-state index in [9.17, 15) is 4.79 Å². The maximum Gasteiger partial charge on any atom is 0.237 e. The minimum absolute atomic E-state index is 0.0434. The van der Waals surface area contributed by atoms with Gasteiger partial charge >= 0.3 is 0 Å². The standard InChI is InChI=1S/C13H21N3O2/c1-10(16-6-4-11(14)5-7-16)13(17)15-9-12-3-2-8-18-12/h2-3,8,10-11H,4-7,9,14H2,1H3,(H,15,17). The molecule has 2 rings (SSSR count). The number of nitrogens with one attached hydrogen (secondary N) is 1. The van der Waals surface area contributed by atoms with Gasteiger partial charge < -0.3 is 15.5 Å². The number of hydrogen-bond acceptors (Lipinski definition) is 4. The predicted molar refractivity (Wildman–Crippen MR) is 68.8 cm³/mol. The van der Waals surface area contributed by atoms with Crippen molar-refractivity contribution >= 4 is 5.91 Å². The Kier molecular flexibility index (Phi) is 4.38. The van der Waals surface area contributed by atoms with Crippen molar-refractivity contribution in [3.05, 3.63) is 24.2 Å². The van der Waals surface area contributed by atoms with Crippen LogP contribution in [0.1, 0.15) is 25.5 Å². The molecule has 1 atom stereocenters. The molecule has 2 heterocycles. The minimum Gasteiger partial charge on any atom is -0.467 e. The van der Waals surface area contributed by atoms with E-state index < -0.39 is 0 Å². The first kappa shape index (κ1) is 13.1. The molecule has 5 nitrogen and oxygen atoms in total. The Hall–Kier alpha value is -1.33. The van der Waals surface area contributed by atoms with Crippen molar-refractivity contribution in [2.75, 3.05) is 13.1 Å². The van der Waals surface area contributed by atoms with Gasteiger partial charge in [-0.25, -0.2) is 0 Å². The first-order chi connectivity index (χ1) is 8.66. The van der Waals surface area contributed by atoms with Gasteiger partial charge in [0.1, 0.15) is 5.76 Å². The van der Waals surface area contributed by atoms with E-state index in [0.29, 0.717) is 12.6 Å². The number of piperidine rings is 1. The Labute approximate surface area is 107 Å². The Balaban J connectivity index is 1.77. The number of carbonyl (C=O) groups excluding carboxylic acids is 1. The molecule has 3 N–H and O–H groups in total. The number of nitrogens with zero attached hydrogens (tertiary/aromatic N) is 1. The highest BCUT2D eigenvalue weighted by Crippen LogP contribution is 2.11. The van der Waals surface area contributed by atoms with Gasteiger partial charge in [-0.2, -0.15) is 0 Å². The highest BCUT2D eigenvalue weighted by Gasteiger charge is 2.24. The quantitative estimate of drug-likeness (QED) is 0.826. The third-order valence-corrected chi connectivity index (χ3v) is 3.52. The number of likely N-dealkylation sites (tertiary alicyclic amines) is 1. The average Bonchev–Trinajstić information content (AvgIpc) is 2.89. The summed E-state index contributed by atoms with van der Waals surface area (Å²) in [5, 5.41) is 2.89. The number of hydrogen-bond donors (Lipinski definition) is 2. The zero-order chi connectivity index (χ0) is 13.0. The van der Waals surface area contributed by atoms with Gasteiger partial charge in [0.2, 0.25) is 5.91 Å². The number of amides is 1. The predicted octanol–water partition coefficient (Wildman–Crippen LogP) is 0.707. The van der Waals surface area contributed by atoms with Gasteiger partial charge in [0, 0.05) is 19.1 Å². The van der Waals surface area contributed by atoms with Gasteiger partial charge in [0.15, 0.2) is 0 Å². The van der Waals surface area contributed by atoms with Crippen LogP contribution < -0.4 is 11.1 Å². The fourth-order valence-electron chi connectivity index (χ4n) is 2.21. The van der Waals surface area contributed by atoms with Crippen LogP contribution in [0.25, 0.3) is 0 Å². The molecule has 0 radical (unpaired) electrons. The molecular formula is C13H21N3O2. The Morgan fingerprint density at radius 1 is 1.61 bits per heavy atom. The van der Waals surface area contributed by atoms with E-state index in [1.807, 2.05) is 19.1 Å². The third-order valence-electron chi connectivity index (χ3n) is 3.52. The molecule has 1 unspecified atom stereocenters. The first-order valence-electron chi connectivity index (χ1n) is 6.46. The van der Waals surface area contributed by atoms with Gasteiger partial charge in [0.05, 0.1) is 18.8 Å². The van der Waals surface area contributed by atoms with Crippen molar-refractivity contribution in [1.29, 1.82) is 0 Å². The summed E-state index contributed by atoms with van der Waals surface area (Å²) in [5.74, 6) is 0.818. The molecule has 0 spiro atoms. The topological polar surface area (TPSA) is 71.5 Å². The van der Waals surface area contributed by atoms with Crippen molar-refractivity contribution in [2.45, 2.75) is 38.4 Å². The SMILES string of the molecule is CC(C(=O)NCc1ccco1)N1CCC(N)CC1. The summed E-state index contributed by atoms with van der Waals surface area (Å²) < 4.78 is 5.18. The Morgan fingerprint density at radius 3 is 2.94 bits per heavy atom. The van der Waals surface area contributed by atoms with Crippen molar-refractivity contribution in [1.82, 2.24) is 10.2 Å². The largest absolute Gasteiger partial charge is 0.467 e. The lowest BCUT2D eigenvalue weighted by Crippen LogP contribution is -2.50. The lowest BCUT2D eigenvalue weighted by Gasteiger charge is -2.33. The van der Waals surface area contributed by atoms with Crippen LogP contribution in [-0.4, -0.2) is 36.0 Å². The molecule has 1 aromatic rings.